The van der Waals surface area contributed by atoms with E-state index in [-0.39, 0.29) is 0 Å². The van der Waals surface area contributed by atoms with Crippen LogP contribution < -0.4 is 15.4 Å². The highest BCUT2D eigenvalue weighted by Gasteiger charge is 2.08. The molecule has 2 N–H and O–H groups in total. The number of benzene rings is 1. The van der Waals surface area contributed by atoms with Gasteiger partial charge in [-0.25, -0.2) is 9.97 Å². The smallest absolute Gasteiger partial charge is 0.227 e. The minimum Gasteiger partial charge on any atom is -0.495 e. The van der Waals surface area contributed by atoms with Gasteiger partial charge >= 0.3 is 0 Å². The summed E-state index contributed by atoms with van der Waals surface area (Å²) in [5.41, 5.74) is 3.84. The Bertz CT molecular complexity index is 835. The van der Waals surface area contributed by atoms with Crippen LogP contribution in [0.5, 0.6) is 5.75 Å². The van der Waals surface area contributed by atoms with Gasteiger partial charge in [0.15, 0.2) is 0 Å². The third kappa shape index (κ3) is 4.69. The van der Waals surface area contributed by atoms with Gasteiger partial charge < -0.3 is 15.4 Å². The Hall–Kier alpha value is -3.15. The number of rotatable bonds is 7. The van der Waals surface area contributed by atoms with Crippen molar-refractivity contribution in [3.63, 3.8) is 0 Å². The summed E-state index contributed by atoms with van der Waals surface area (Å²) in [5.74, 6) is 1.90. The second-order valence-electron chi connectivity index (χ2n) is 6.41. The van der Waals surface area contributed by atoms with Crippen molar-refractivity contribution >= 4 is 23.0 Å². The van der Waals surface area contributed by atoms with E-state index < -0.39 is 0 Å². The normalized spacial score (nSPS) is 10.6. The monoisotopic (exact) mass is 349 g/mol. The van der Waals surface area contributed by atoms with Crippen LogP contribution in [0.25, 0.3) is 0 Å². The van der Waals surface area contributed by atoms with Gasteiger partial charge in [0.1, 0.15) is 5.75 Å². The molecule has 0 saturated carbocycles. The quantitative estimate of drug-likeness (QED) is 0.651. The van der Waals surface area contributed by atoms with Crippen molar-refractivity contribution < 1.29 is 4.74 Å². The van der Waals surface area contributed by atoms with Crippen molar-refractivity contribution in [3.8, 4) is 5.75 Å². The lowest BCUT2D eigenvalue weighted by atomic mass is 10.0. The average Bonchev–Trinajstić information content (AvgIpc) is 2.65. The second-order valence-corrected chi connectivity index (χ2v) is 6.41. The summed E-state index contributed by atoms with van der Waals surface area (Å²) in [4.78, 5) is 12.7. The molecule has 0 aliphatic rings. The number of nitrogens with zero attached hydrogens (tertiary/aromatic N) is 3. The lowest BCUT2D eigenvalue weighted by Gasteiger charge is -2.13. The number of hydrogen-bond acceptors (Lipinski definition) is 6. The van der Waals surface area contributed by atoms with Crippen LogP contribution in [-0.4, -0.2) is 22.1 Å². The van der Waals surface area contributed by atoms with Gasteiger partial charge in [0.2, 0.25) is 5.95 Å². The van der Waals surface area contributed by atoms with Gasteiger partial charge in [0.25, 0.3) is 0 Å². The van der Waals surface area contributed by atoms with E-state index in [1.165, 1.54) is 5.56 Å². The molecular formula is C20H23N5O. The number of ether oxygens (including phenoxy) is 1. The highest BCUT2D eigenvalue weighted by molar-refractivity contribution is 5.64. The summed E-state index contributed by atoms with van der Waals surface area (Å²) >= 11 is 0. The van der Waals surface area contributed by atoms with Crippen LogP contribution in [0.2, 0.25) is 0 Å². The highest BCUT2D eigenvalue weighted by atomic mass is 16.5. The molecule has 2 aromatic heterocycles. The van der Waals surface area contributed by atoms with E-state index >= 15 is 0 Å². The Balaban J connectivity index is 1.70. The van der Waals surface area contributed by atoms with Gasteiger partial charge in [0, 0.05) is 18.1 Å². The number of pyridine rings is 1. The number of methoxy groups -OCH3 is 1. The fourth-order valence-corrected chi connectivity index (χ4v) is 2.62. The molecule has 1 aromatic carbocycles. The van der Waals surface area contributed by atoms with Gasteiger partial charge in [-0.1, -0.05) is 19.9 Å². The van der Waals surface area contributed by atoms with E-state index in [9.17, 15) is 0 Å². The predicted molar refractivity (Wildman–Crippen MR) is 104 cm³/mol. The Morgan fingerprint density at radius 1 is 0.962 bits per heavy atom. The molecule has 6 nitrogen and oxygen atoms in total. The molecule has 0 atom stereocenters. The van der Waals surface area contributed by atoms with Gasteiger partial charge in [0.05, 0.1) is 30.9 Å². The van der Waals surface area contributed by atoms with Gasteiger partial charge in [-0.2, -0.15) is 0 Å². The number of hydrogen-bond donors (Lipinski definition) is 2. The highest BCUT2D eigenvalue weighted by Crippen LogP contribution is 2.28. The van der Waals surface area contributed by atoms with E-state index in [1.807, 2.05) is 18.2 Å². The zero-order chi connectivity index (χ0) is 18.4. The van der Waals surface area contributed by atoms with Crippen molar-refractivity contribution in [3.05, 3.63) is 60.7 Å². The first kappa shape index (κ1) is 17.7. The van der Waals surface area contributed by atoms with Crippen molar-refractivity contribution in [1.82, 2.24) is 15.0 Å². The van der Waals surface area contributed by atoms with Gasteiger partial charge in [-0.05, 0) is 42.2 Å². The standard InChI is InChI=1S/C20H23N5O/c1-14(2)10-15-4-5-18(19(11-15)26-3)25-20-22-12-17(13-23-20)24-16-6-8-21-9-7-16/h4-9,11-14H,10H2,1-3H3,(H,21,24)(H,22,23,25). The Morgan fingerprint density at radius 2 is 1.69 bits per heavy atom. The fourth-order valence-electron chi connectivity index (χ4n) is 2.62. The van der Waals surface area contributed by atoms with E-state index in [2.05, 4.69) is 51.6 Å². The first-order valence-corrected chi connectivity index (χ1v) is 8.57. The maximum atomic E-state index is 5.51. The van der Waals surface area contributed by atoms with E-state index in [0.29, 0.717) is 11.9 Å². The molecule has 0 saturated heterocycles. The zero-order valence-electron chi connectivity index (χ0n) is 15.2. The minimum atomic E-state index is 0.514. The molecule has 0 amide bonds. The lowest BCUT2D eigenvalue weighted by molar-refractivity contribution is 0.416. The summed E-state index contributed by atoms with van der Waals surface area (Å²) in [7, 11) is 1.67. The van der Waals surface area contributed by atoms with E-state index in [4.69, 9.17) is 4.74 Å². The summed E-state index contributed by atoms with van der Waals surface area (Å²) in [6.45, 7) is 4.40. The topological polar surface area (TPSA) is 72.0 Å². The van der Waals surface area contributed by atoms with Crippen LogP contribution in [0.1, 0.15) is 19.4 Å². The Labute approximate surface area is 153 Å². The van der Waals surface area contributed by atoms with Crippen LogP contribution in [0, 0.1) is 5.92 Å². The number of nitrogens with one attached hydrogen (secondary N) is 2. The Kier molecular flexibility index (Phi) is 5.63. The molecule has 0 aliphatic carbocycles. The first-order chi connectivity index (χ1) is 12.6. The van der Waals surface area contributed by atoms with Crippen LogP contribution in [0.4, 0.5) is 23.0 Å². The molecule has 0 fully saturated rings. The lowest BCUT2D eigenvalue weighted by Crippen LogP contribution is -2.01. The van der Waals surface area contributed by atoms with Gasteiger partial charge in [-0.3, -0.25) is 4.98 Å². The molecule has 2 heterocycles. The molecule has 0 spiro atoms. The van der Waals surface area contributed by atoms with Crippen LogP contribution in [0.15, 0.2) is 55.1 Å². The first-order valence-electron chi connectivity index (χ1n) is 8.57. The summed E-state index contributed by atoms with van der Waals surface area (Å²) in [6.07, 6.45) is 7.94. The molecule has 6 heteroatoms. The molecule has 0 bridgehead atoms. The molecular weight excluding hydrogens is 326 g/mol. The third-order valence-corrected chi connectivity index (χ3v) is 3.78. The largest absolute Gasteiger partial charge is 0.495 e. The number of aromatic nitrogens is 3. The van der Waals surface area contributed by atoms with Crippen molar-refractivity contribution in [2.75, 3.05) is 17.7 Å². The van der Waals surface area contributed by atoms with E-state index in [0.717, 1.165) is 29.2 Å². The Morgan fingerprint density at radius 3 is 2.35 bits per heavy atom. The van der Waals surface area contributed by atoms with Gasteiger partial charge in [-0.15, -0.1) is 0 Å². The summed E-state index contributed by atoms with van der Waals surface area (Å²) in [5, 5.41) is 6.44. The fraction of sp³-hybridized carbons (Fsp3) is 0.250. The molecule has 0 unspecified atom stereocenters. The van der Waals surface area contributed by atoms with Crippen LogP contribution in [0.3, 0.4) is 0 Å². The average molecular weight is 349 g/mol. The molecule has 3 rings (SSSR count). The number of anilines is 4. The van der Waals surface area contributed by atoms with Crippen molar-refractivity contribution in [1.29, 1.82) is 0 Å². The molecule has 26 heavy (non-hydrogen) atoms. The van der Waals surface area contributed by atoms with Crippen LogP contribution >= 0.6 is 0 Å². The van der Waals surface area contributed by atoms with Crippen molar-refractivity contribution in [2.24, 2.45) is 5.92 Å². The maximum absolute atomic E-state index is 5.51. The van der Waals surface area contributed by atoms with Crippen LogP contribution in [-0.2, 0) is 6.42 Å². The molecule has 0 radical (unpaired) electrons. The minimum absolute atomic E-state index is 0.514. The predicted octanol–water partition coefficient (Wildman–Crippen LogP) is 4.57. The molecule has 0 aliphatic heterocycles. The maximum Gasteiger partial charge on any atom is 0.227 e. The van der Waals surface area contributed by atoms with Crippen molar-refractivity contribution in [2.45, 2.75) is 20.3 Å². The zero-order valence-corrected chi connectivity index (χ0v) is 15.2. The summed E-state index contributed by atoms with van der Waals surface area (Å²) in [6, 6.07) is 9.93. The van der Waals surface area contributed by atoms with E-state index in [1.54, 1.807) is 31.9 Å². The molecule has 134 valence electrons. The SMILES string of the molecule is COc1cc(CC(C)C)ccc1Nc1ncc(Nc2ccncc2)cn1. The molecule has 3 aromatic rings. The third-order valence-electron chi connectivity index (χ3n) is 3.78. The summed E-state index contributed by atoms with van der Waals surface area (Å²) < 4.78 is 5.51. The second kappa shape index (κ2) is 8.29.